The summed E-state index contributed by atoms with van der Waals surface area (Å²) in [5.74, 6) is -1.36. The van der Waals surface area contributed by atoms with Crippen LogP contribution in [0.15, 0.2) is 24.3 Å². The molecule has 0 fully saturated rings. The molecule has 2 unspecified atom stereocenters. The first-order chi connectivity index (χ1) is 8.93. The van der Waals surface area contributed by atoms with Crippen molar-refractivity contribution in [3.63, 3.8) is 0 Å². The van der Waals surface area contributed by atoms with Gasteiger partial charge in [0.25, 0.3) is 0 Å². The maximum absolute atomic E-state index is 11.8. The predicted octanol–water partition coefficient (Wildman–Crippen LogP) is 2.72. The fraction of sp³-hybridized carbons (Fsp3) is 0.385. The van der Waals surface area contributed by atoms with Crippen molar-refractivity contribution in [2.75, 3.05) is 6.26 Å². The van der Waals surface area contributed by atoms with Crippen molar-refractivity contribution < 1.29 is 14.7 Å². The third-order valence-corrected chi connectivity index (χ3v) is 3.85. The maximum atomic E-state index is 11.8. The second kappa shape index (κ2) is 7.40. The lowest BCUT2D eigenvalue weighted by Crippen LogP contribution is -2.34. The number of hydrogen-bond acceptors (Lipinski definition) is 3. The second-order valence-corrected chi connectivity index (χ2v) is 5.85. The van der Waals surface area contributed by atoms with Crippen molar-refractivity contribution in [2.24, 2.45) is 0 Å². The number of hydrogen-bond donors (Lipinski definition) is 2. The third-order valence-electron chi connectivity index (χ3n) is 2.63. The van der Waals surface area contributed by atoms with Crippen LogP contribution in [0.2, 0.25) is 5.02 Å². The topological polar surface area (TPSA) is 66.4 Å². The molecule has 0 radical (unpaired) electrons. The van der Waals surface area contributed by atoms with Gasteiger partial charge in [-0.25, -0.2) is 4.79 Å². The minimum Gasteiger partial charge on any atom is -0.479 e. The van der Waals surface area contributed by atoms with Gasteiger partial charge in [-0.3, -0.25) is 4.79 Å². The zero-order chi connectivity index (χ0) is 14.4. The lowest BCUT2D eigenvalue weighted by atomic mass is 10.1. The number of nitrogens with one attached hydrogen (secondary N) is 1. The average Bonchev–Trinajstić information content (AvgIpc) is 2.36. The summed E-state index contributed by atoms with van der Waals surface area (Å²) in [6.45, 7) is 1.92. The molecule has 1 amide bonds. The molecule has 0 aliphatic carbocycles. The number of carbonyl (C=O) groups excluding carboxylic acids is 1. The van der Waals surface area contributed by atoms with Crippen LogP contribution in [0.1, 0.15) is 24.9 Å². The summed E-state index contributed by atoms with van der Waals surface area (Å²) >= 11 is 7.31. The number of halogens is 1. The molecular formula is C13H16ClNO3S. The molecule has 4 nitrogen and oxygen atoms in total. The Morgan fingerprint density at radius 3 is 2.42 bits per heavy atom. The van der Waals surface area contributed by atoms with Crippen LogP contribution < -0.4 is 5.32 Å². The summed E-state index contributed by atoms with van der Waals surface area (Å²) in [5, 5.41) is 12.4. The lowest BCUT2D eigenvalue weighted by Gasteiger charge is -2.16. The fourth-order valence-corrected chi connectivity index (χ4v) is 1.95. The Labute approximate surface area is 121 Å². The molecule has 0 saturated heterocycles. The first kappa shape index (κ1) is 15.9. The molecule has 104 valence electrons. The number of aliphatic carboxylic acids is 1. The molecule has 0 heterocycles. The van der Waals surface area contributed by atoms with Gasteiger partial charge < -0.3 is 10.4 Å². The van der Waals surface area contributed by atoms with E-state index >= 15 is 0 Å². The van der Waals surface area contributed by atoms with E-state index in [9.17, 15) is 14.7 Å². The SMILES string of the molecule is CSC(C)CC(=O)NC(C(=O)O)c1ccc(Cl)cc1. The standard InChI is InChI=1S/C13H16ClNO3S/c1-8(19-2)7-11(16)15-12(13(17)18)9-3-5-10(14)6-4-9/h3-6,8,12H,7H2,1-2H3,(H,15,16)(H,17,18). The van der Waals surface area contributed by atoms with Crippen LogP contribution in [0.25, 0.3) is 0 Å². The molecule has 0 aliphatic rings. The molecule has 0 aromatic heterocycles. The number of amides is 1. The number of carboxylic acids is 1. The van der Waals surface area contributed by atoms with Crippen molar-refractivity contribution in [3.05, 3.63) is 34.9 Å². The van der Waals surface area contributed by atoms with Crippen LogP contribution in [-0.4, -0.2) is 28.5 Å². The van der Waals surface area contributed by atoms with E-state index in [0.717, 1.165) is 0 Å². The highest BCUT2D eigenvalue weighted by Crippen LogP contribution is 2.18. The van der Waals surface area contributed by atoms with E-state index in [1.807, 2.05) is 13.2 Å². The van der Waals surface area contributed by atoms with Gasteiger partial charge in [0.05, 0.1) is 0 Å². The number of carbonyl (C=O) groups is 2. The highest BCUT2D eigenvalue weighted by atomic mass is 35.5. The van der Waals surface area contributed by atoms with E-state index in [1.165, 1.54) is 0 Å². The van der Waals surface area contributed by atoms with E-state index < -0.39 is 12.0 Å². The van der Waals surface area contributed by atoms with Gasteiger partial charge in [-0.1, -0.05) is 30.7 Å². The Kier molecular flexibility index (Phi) is 6.18. The minimum absolute atomic E-state index is 0.152. The molecule has 2 atom stereocenters. The first-order valence-electron chi connectivity index (χ1n) is 5.74. The largest absolute Gasteiger partial charge is 0.479 e. The smallest absolute Gasteiger partial charge is 0.330 e. The predicted molar refractivity (Wildman–Crippen MR) is 77.6 cm³/mol. The summed E-state index contributed by atoms with van der Waals surface area (Å²) in [6, 6.07) is 5.35. The average molecular weight is 302 g/mol. The summed E-state index contributed by atoms with van der Waals surface area (Å²) in [4.78, 5) is 23.0. The van der Waals surface area contributed by atoms with Crippen LogP contribution in [0.4, 0.5) is 0 Å². The summed E-state index contributed by atoms with van der Waals surface area (Å²) in [5.41, 5.74) is 0.502. The van der Waals surface area contributed by atoms with Crippen LogP contribution >= 0.6 is 23.4 Å². The van der Waals surface area contributed by atoms with Gasteiger partial charge in [0.1, 0.15) is 0 Å². The van der Waals surface area contributed by atoms with Crippen molar-refractivity contribution in [1.29, 1.82) is 0 Å². The van der Waals surface area contributed by atoms with Gasteiger partial charge >= 0.3 is 5.97 Å². The van der Waals surface area contributed by atoms with Crippen molar-refractivity contribution in [1.82, 2.24) is 5.32 Å². The number of rotatable bonds is 6. The summed E-state index contributed by atoms with van der Waals surface area (Å²) < 4.78 is 0. The van der Waals surface area contributed by atoms with Crippen LogP contribution in [-0.2, 0) is 9.59 Å². The van der Waals surface area contributed by atoms with E-state index in [4.69, 9.17) is 11.6 Å². The van der Waals surface area contributed by atoms with E-state index in [-0.39, 0.29) is 11.2 Å². The molecule has 0 saturated carbocycles. The number of carboxylic acid groups (broad SMARTS) is 1. The highest BCUT2D eigenvalue weighted by Gasteiger charge is 2.22. The third kappa shape index (κ3) is 5.12. The Morgan fingerprint density at radius 1 is 1.37 bits per heavy atom. The molecule has 2 N–H and O–H groups in total. The van der Waals surface area contributed by atoms with Gasteiger partial charge in [-0.15, -0.1) is 0 Å². The number of thioether (sulfide) groups is 1. The zero-order valence-electron chi connectivity index (χ0n) is 10.7. The highest BCUT2D eigenvalue weighted by molar-refractivity contribution is 7.99. The number of benzene rings is 1. The molecule has 19 heavy (non-hydrogen) atoms. The molecule has 0 aliphatic heterocycles. The maximum Gasteiger partial charge on any atom is 0.330 e. The quantitative estimate of drug-likeness (QED) is 0.848. The Morgan fingerprint density at radius 2 is 1.95 bits per heavy atom. The fourth-order valence-electron chi connectivity index (χ4n) is 1.51. The summed E-state index contributed by atoms with van der Waals surface area (Å²) in [7, 11) is 0. The van der Waals surface area contributed by atoms with Crippen LogP contribution in [0.5, 0.6) is 0 Å². The second-order valence-electron chi connectivity index (χ2n) is 4.14. The molecule has 1 rings (SSSR count). The van der Waals surface area contributed by atoms with Gasteiger partial charge in [-0.2, -0.15) is 11.8 Å². The van der Waals surface area contributed by atoms with Crippen LogP contribution in [0.3, 0.4) is 0 Å². The lowest BCUT2D eigenvalue weighted by molar-refractivity contribution is -0.142. The molecule has 1 aromatic rings. The first-order valence-corrected chi connectivity index (χ1v) is 7.41. The van der Waals surface area contributed by atoms with Crippen molar-refractivity contribution in [3.8, 4) is 0 Å². The molecule has 0 spiro atoms. The molecule has 0 bridgehead atoms. The Bertz CT molecular complexity index is 450. The van der Waals surface area contributed by atoms with Crippen molar-refractivity contribution in [2.45, 2.75) is 24.6 Å². The summed E-state index contributed by atoms with van der Waals surface area (Å²) in [6.07, 6.45) is 2.20. The van der Waals surface area contributed by atoms with Crippen LogP contribution in [0, 0.1) is 0 Å². The molecule has 1 aromatic carbocycles. The monoisotopic (exact) mass is 301 g/mol. The normalized spacial score (nSPS) is 13.6. The van der Waals surface area contributed by atoms with Gasteiger partial charge in [0.2, 0.25) is 5.91 Å². The Hall–Kier alpha value is -1.20. The van der Waals surface area contributed by atoms with Gasteiger partial charge in [0, 0.05) is 16.7 Å². The Balaban J connectivity index is 2.76. The van der Waals surface area contributed by atoms with E-state index in [0.29, 0.717) is 17.0 Å². The van der Waals surface area contributed by atoms with Gasteiger partial charge in [-0.05, 0) is 24.0 Å². The zero-order valence-corrected chi connectivity index (χ0v) is 12.3. The molecule has 6 heteroatoms. The van der Waals surface area contributed by atoms with Gasteiger partial charge in [0.15, 0.2) is 6.04 Å². The van der Waals surface area contributed by atoms with E-state index in [2.05, 4.69) is 5.32 Å². The molecular weight excluding hydrogens is 286 g/mol. The minimum atomic E-state index is -1.09. The van der Waals surface area contributed by atoms with Crippen molar-refractivity contribution >= 4 is 35.2 Å². The van der Waals surface area contributed by atoms with E-state index in [1.54, 1.807) is 36.0 Å².